The van der Waals surface area contributed by atoms with E-state index < -0.39 is 46.4 Å². The molecule has 2 aromatic rings. The van der Waals surface area contributed by atoms with Crippen LogP contribution in [0.1, 0.15) is 32.8 Å². The van der Waals surface area contributed by atoms with Crippen LogP contribution in [-0.4, -0.2) is 58.0 Å². The molecule has 0 saturated carbocycles. The van der Waals surface area contributed by atoms with Crippen molar-refractivity contribution in [2.45, 2.75) is 37.9 Å². The molecule has 168 valence electrons. The van der Waals surface area contributed by atoms with E-state index in [1.165, 1.54) is 21.7 Å². The number of hydrogen-bond acceptors (Lipinski definition) is 6. The van der Waals surface area contributed by atoms with Crippen LogP contribution in [0.2, 0.25) is 0 Å². The molecule has 2 bridgehead atoms. The molecule has 5 rings (SSSR count). The number of hydrogen-bond donors (Lipinski definition) is 2. The van der Waals surface area contributed by atoms with Crippen molar-refractivity contribution in [3.8, 4) is 5.75 Å². The third-order valence-electron chi connectivity index (χ3n) is 5.95. The molecule has 3 atom stereocenters. The Hall–Kier alpha value is -3.31. The minimum Gasteiger partial charge on any atom is -0.503 e. The van der Waals surface area contributed by atoms with Crippen molar-refractivity contribution in [3.63, 3.8) is 0 Å². The molecule has 3 aliphatic rings. The molecule has 2 fully saturated rings. The highest BCUT2D eigenvalue weighted by Crippen LogP contribution is 2.33. The van der Waals surface area contributed by atoms with Crippen molar-refractivity contribution < 1.29 is 33.0 Å². The molecule has 0 spiro atoms. The Balaban J connectivity index is 1.43. The van der Waals surface area contributed by atoms with Crippen LogP contribution < -0.4 is 10.7 Å². The lowest BCUT2D eigenvalue weighted by molar-refractivity contribution is -0.206. The first-order valence-corrected chi connectivity index (χ1v) is 10.1. The van der Waals surface area contributed by atoms with Crippen LogP contribution in [0.4, 0.5) is 8.78 Å². The number of benzene rings is 1. The molecule has 1 aromatic carbocycles. The second kappa shape index (κ2) is 7.68. The van der Waals surface area contributed by atoms with Gasteiger partial charge in [-0.15, -0.1) is 0 Å². The van der Waals surface area contributed by atoms with Crippen molar-refractivity contribution in [3.05, 3.63) is 63.1 Å². The van der Waals surface area contributed by atoms with Gasteiger partial charge in [-0.2, -0.15) is 0 Å². The summed E-state index contributed by atoms with van der Waals surface area (Å²) in [6, 6.07) is 2.68. The van der Waals surface area contributed by atoms with Gasteiger partial charge in [0.15, 0.2) is 17.7 Å². The molecule has 0 aliphatic carbocycles. The zero-order valence-electron chi connectivity index (χ0n) is 16.7. The lowest BCUT2D eigenvalue weighted by Crippen LogP contribution is -2.63. The first kappa shape index (κ1) is 20.6. The van der Waals surface area contributed by atoms with E-state index in [4.69, 9.17) is 9.47 Å². The van der Waals surface area contributed by atoms with Crippen molar-refractivity contribution in [1.82, 2.24) is 14.8 Å². The monoisotopic (exact) mass is 447 g/mol. The molecular weight excluding hydrogens is 428 g/mol. The molecule has 0 radical (unpaired) electrons. The quantitative estimate of drug-likeness (QED) is 0.718. The summed E-state index contributed by atoms with van der Waals surface area (Å²) in [6.07, 6.45) is 1.01. The second-order valence-corrected chi connectivity index (χ2v) is 7.99. The van der Waals surface area contributed by atoms with Gasteiger partial charge in [-0.3, -0.25) is 14.4 Å². The van der Waals surface area contributed by atoms with Crippen LogP contribution in [0, 0.1) is 11.6 Å². The van der Waals surface area contributed by atoms with Crippen LogP contribution in [0.3, 0.4) is 0 Å². The molecule has 2 saturated heterocycles. The molecule has 4 heterocycles. The summed E-state index contributed by atoms with van der Waals surface area (Å²) < 4.78 is 39.6. The summed E-state index contributed by atoms with van der Waals surface area (Å²) in [5, 5.41) is 12.9. The molecule has 1 aromatic heterocycles. The number of carbonyl (C=O) groups is 2. The van der Waals surface area contributed by atoms with Gasteiger partial charge in [0.05, 0.1) is 31.9 Å². The number of amides is 2. The molecule has 2 amide bonds. The molecule has 9 nitrogen and oxygen atoms in total. The van der Waals surface area contributed by atoms with Gasteiger partial charge >= 0.3 is 0 Å². The van der Waals surface area contributed by atoms with Gasteiger partial charge in [0.1, 0.15) is 17.2 Å². The Morgan fingerprint density at radius 2 is 2.06 bits per heavy atom. The SMILES string of the molecule is O=C(NCc1ccc(F)cc1F)c1cn2c(c(O)c1=O)C(=O)N1[C@@H]3COC[C@@H](C3)O[C@H]1C2. The predicted octanol–water partition coefficient (Wildman–Crippen LogP) is 0.732. The van der Waals surface area contributed by atoms with Gasteiger partial charge < -0.3 is 29.4 Å². The number of aromatic nitrogens is 1. The molecule has 32 heavy (non-hydrogen) atoms. The first-order chi connectivity index (χ1) is 15.3. The van der Waals surface area contributed by atoms with Crippen LogP contribution in [0.25, 0.3) is 0 Å². The predicted molar refractivity (Wildman–Crippen MR) is 104 cm³/mol. The number of carbonyl (C=O) groups excluding carboxylic acids is 2. The van der Waals surface area contributed by atoms with Gasteiger partial charge in [-0.05, 0) is 12.5 Å². The maximum absolute atomic E-state index is 13.8. The zero-order valence-corrected chi connectivity index (χ0v) is 16.7. The van der Waals surface area contributed by atoms with Crippen molar-refractivity contribution >= 4 is 11.8 Å². The van der Waals surface area contributed by atoms with Crippen LogP contribution in [0.15, 0.2) is 29.2 Å². The lowest BCUT2D eigenvalue weighted by Gasteiger charge is -2.49. The third-order valence-corrected chi connectivity index (χ3v) is 5.95. The summed E-state index contributed by atoms with van der Waals surface area (Å²) in [5.74, 6) is -3.88. The number of halogens is 2. The highest BCUT2D eigenvalue weighted by atomic mass is 19.1. The Bertz CT molecular complexity index is 1180. The van der Waals surface area contributed by atoms with E-state index >= 15 is 0 Å². The zero-order chi connectivity index (χ0) is 22.6. The largest absolute Gasteiger partial charge is 0.503 e. The van der Waals surface area contributed by atoms with Gasteiger partial charge in [-0.1, -0.05) is 6.07 Å². The Labute approximate surface area is 180 Å². The standard InChI is InChI=1S/C21H19F2N3O6/c22-11-2-1-10(15(23)3-11)5-24-20(29)14-6-25-7-16-26(12-4-13(32-16)9-31-8-12)21(30)17(25)19(28)18(14)27/h1-3,6,12-13,16,28H,4-5,7-9H2,(H,24,29)/t12-,13+,16-/m0/s1. The van der Waals surface area contributed by atoms with Gasteiger partial charge in [-0.25, -0.2) is 8.78 Å². The lowest BCUT2D eigenvalue weighted by atomic mass is 10.0. The highest BCUT2D eigenvalue weighted by Gasteiger charge is 2.46. The molecule has 3 aliphatic heterocycles. The smallest absolute Gasteiger partial charge is 0.276 e. The fraction of sp³-hybridized carbons (Fsp3) is 0.381. The van der Waals surface area contributed by atoms with E-state index in [9.17, 15) is 28.3 Å². The summed E-state index contributed by atoms with van der Waals surface area (Å²) in [7, 11) is 0. The van der Waals surface area contributed by atoms with E-state index in [2.05, 4.69) is 5.32 Å². The van der Waals surface area contributed by atoms with Crippen molar-refractivity contribution in [2.24, 2.45) is 0 Å². The van der Waals surface area contributed by atoms with E-state index in [1.807, 2.05) is 0 Å². The second-order valence-electron chi connectivity index (χ2n) is 7.99. The summed E-state index contributed by atoms with van der Waals surface area (Å²) in [4.78, 5) is 39.8. The van der Waals surface area contributed by atoms with E-state index in [0.717, 1.165) is 6.07 Å². The number of aromatic hydroxyl groups is 1. The number of nitrogens with zero attached hydrogens (tertiary/aromatic N) is 2. The van der Waals surface area contributed by atoms with Crippen molar-refractivity contribution in [1.29, 1.82) is 0 Å². The van der Waals surface area contributed by atoms with Gasteiger partial charge in [0.25, 0.3) is 11.8 Å². The molecular formula is C21H19F2N3O6. The maximum Gasteiger partial charge on any atom is 0.276 e. The minimum atomic E-state index is -1.02. The number of ether oxygens (including phenoxy) is 2. The third kappa shape index (κ3) is 3.33. The Kier molecular flexibility index (Phi) is 4.94. The number of pyridine rings is 1. The van der Waals surface area contributed by atoms with Crippen LogP contribution >= 0.6 is 0 Å². The van der Waals surface area contributed by atoms with E-state index in [1.54, 1.807) is 0 Å². The average molecular weight is 447 g/mol. The average Bonchev–Trinajstić information content (AvgIpc) is 2.75. The molecule has 2 N–H and O–H groups in total. The normalized spacial score (nSPS) is 24.0. The number of rotatable bonds is 3. The molecule has 11 heteroatoms. The summed E-state index contributed by atoms with van der Waals surface area (Å²) in [6.45, 7) is 0.585. The summed E-state index contributed by atoms with van der Waals surface area (Å²) >= 11 is 0. The molecule has 0 unspecified atom stereocenters. The Morgan fingerprint density at radius 3 is 2.84 bits per heavy atom. The van der Waals surface area contributed by atoms with Crippen LogP contribution in [0.5, 0.6) is 5.75 Å². The highest BCUT2D eigenvalue weighted by molar-refractivity contribution is 5.99. The van der Waals surface area contributed by atoms with Gasteiger partial charge in [0.2, 0.25) is 5.43 Å². The topological polar surface area (TPSA) is 110 Å². The minimum absolute atomic E-state index is 0.0252. The fourth-order valence-corrected chi connectivity index (χ4v) is 4.42. The van der Waals surface area contributed by atoms with Gasteiger partial charge in [0, 0.05) is 24.4 Å². The number of nitrogens with one attached hydrogen (secondary N) is 1. The first-order valence-electron chi connectivity index (χ1n) is 10.1. The number of fused-ring (bicyclic) bond motifs is 5. The fourth-order valence-electron chi connectivity index (χ4n) is 4.42. The maximum atomic E-state index is 13.8. The van der Waals surface area contributed by atoms with E-state index in [-0.39, 0.29) is 36.5 Å². The van der Waals surface area contributed by atoms with Crippen molar-refractivity contribution in [2.75, 3.05) is 13.2 Å². The summed E-state index contributed by atoms with van der Waals surface area (Å²) in [5.41, 5.74) is -1.62. The Morgan fingerprint density at radius 1 is 1.25 bits per heavy atom. The van der Waals surface area contributed by atoms with E-state index in [0.29, 0.717) is 25.7 Å². The van der Waals surface area contributed by atoms with Crippen LogP contribution in [-0.2, 0) is 22.6 Å².